The number of rotatable bonds is 2. The van der Waals surface area contributed by atoms with E-state index in [0.29, 0.717) is 17.2 Å². The summed E-state index contributed by atoms with van der Waals surface area (Å²) < 4.78 is 15.9. The molecule has 0 saturated carbocycles. The maximum Gasteiger partial charge on any atom is 0.188 e. The first-order chi connectivity index (χ1) is 10.0. The molecule has 0 aliphatic rings. The first kappa shape index (κ1) is 13.7. The second kappa shape index (κ2) is 5.25. The molecule has 0 bridgehead atoms. The van der Waals surface area contributed by atoms with Crippen LogP contribution in [-0.4, -0.2) is 20.2 Å². The number of anilines is 1. The zero-order chi connectivity index (χ0) is 15.0. The quantitative estimate of drug-likeness (QED) is 0.723. The third-order valence-electron chi connectivity index (χ3n) is 2.97. The van der Waals surface area contributed by atoms with Crippen molar-refractivity contribution in [2.75, 3.05) is 5.73 Å². The van der Waals surface area contributed by atoms with Gasteiger partial charge in [0.15, 0.2) is 5.82 Å². The maximum absolute atomic E-state index is 13.6. The first-order valence-electron chi connectivity index (χ1n) is 6.16. The summed E-state index contributed by atoms with van der Waals surface area (Å²) in [6, 6.07) is 9.99. The fourth-order valence-corrected chi connectivity index (χ4v) is 2.51. The number of aromatic nitrogens is 4. The van der Waals surface area contributed by atoms with Crippen molar-refractivity contribution in [2.24, 2.45) is 0 Å². The van der Waals surface area contributed by atoms with E-state index >= 15 is 0 Å². The van der Waals surface area contributed by atoms with Crippen molar-refractivity contribution in [3.63, 3.8) is 0 Å². The number of aryl methyl sites for hydroxylation is 1. The number of hydrogen-bond acceptors (Lipinski definition) is 4. The maximum atomic E-state index is 13.6. The molecule has 106 valence electrons. The summed E-state index contributed by atoms with van der Waals surface area (Å²) in [5.74, 6) is 0.150. The van der Waals surface area contributed by atoms with Gasteiger partial charge in [0.1, 0.15) is 5.82 Å². The molecule has 1 aromatic heterocycles. The Labute approximate surface area is 128 Å². The van der Waals surface area contributed by atoms with Gasteiger partial charge in [-0.15, -0.1) is 5.10 Å². The number of hydrogen-bond donors (Lipinski definition) is 1. The van der Waals surface area contributed by atoms with Crippen LogP contribution >= 0.6 is 15.9 Å². The van der Waals surface area contributed by atoms with E-state index < -0.39 is 0 Å². The van der Waals surface area contributed by atoms with Gasteiger partial charge in [-0.25, -0.2) is 4.39 Å². The van der Waals surface area contributed by atoms with Gasteiger partial charge in [-0.2, -0.15) is 4.68 Å². The Balaban J connectivity index is 2.19. The van der Waals surface area contributed by atoms with Crippen molar-refractivity contribution in [1.82, 2.24) is 20.2 Å². The molecule has 2 N–H and O–H groups in total. The summed E-state index contributed by atoms with van der Waals surface area (Å²) in [5, 5.41) is 11.6. The van der Waals surface area contributed by atoms with Crippen LogP contribution in [0.3, 0.4) is 0 Å². The second-order valence-corrected chi connectivity index (χ2v) is 5.49. The summed E-state index contributed by atoms with van der Waals surface area (Å²) in [4.78, 5) is 0. The molecule has 0 aliphatic carbocycles. The molecule has 3 aromatic rings. The smallest absolute Gasteiger partial charge is 0.188 e. The van der Waals surface area contributed by atoms with Crippen LogP contribution in [0.15, 0.2) is 40.9 Å². The van der Waals surface area contributed by atoms with Crippen LogP contribution in [0.2, 0.25) is 0 Å². The van der Waals surface area contributed by atoms with E-state index in [4.69, 9.17) is 5.73 Å². The first-order valence-corrected chi connectivity index (χ1v) is 6.95. The van der Waals surface area contributed by atoms with Crippen molar-refractivity contribution < 1.29 is 4.39 Å². The number of tetrazole rings is 1. The Morgan fingerprint density at radius 3 is 2.76 bits per heavy atom. The van der Waals surface area contributed by atoms with Gasteiger partial charge in [-0.1, -0.05) is 15.9 Å². The molecular formula is C14H11BrFN5. The zero-order valence-corrected chi connectivity index (χ0v) is 12.7. The predicted octanol–water partition coefficient (Wildman–Crippen LogP) is 3.12. The molecule has 1 heterocycles. The second-order valence-electron chi connectivity index (χ2n) is 4.64. The fraction of sp³-hybridized carbons (Fsp3) is 0.0714. The van der Waals surface area contributed by atoms with Crippen molar-refractivity contribution in [3.8, 4) is 17.1 Å². The van der Waals surface area contributed by atoms with Gasteiger partial charge in [0.2, 0.25) is 0 Å². The predicted molar refractivity (Wildman–Crippen MR) is 81.4 cm³/mol. The highest BCUT2D eigenvalue weighted by molar-refractivity contribution is 9.10. The van der Waals surface area contributed by atoms with Gasteiger partial charge in [-0.05, 0) is 59.3 Å². The van der Waals surface area contributed by atoms with Gasteiger partial charge in [0, 0.05) is 15.7 Å². The van der Waals surface area contributed by atoms with Crippen molar-refractivity contribution in [2.45, 2.75) is 6.92 Å². The van der Waals surface area contributed by atoms with Gasteiger partial charge in [0.25, 0.3) is 0 Å². The molecule has 0 amide bonds. The van der Waals surface area contributed by atoms with Gasteiger partial charge >= 0.3 is 0 Å². The number of benzene rings is 2. The molecule has 0 aliphatic heterocycles. The minimum absolute atomic E-state index is 0.335. The van der Waals surface area contributed by atoms with E-state index in [2.05, 4.69) is 31.5 Å². The van der Waals surface area contributed by atoms with E-state index in [0.717, 1.165) is 15.6 Å². The van der Waals surface area contributed by atoms with Crippen LogP contribution in [-0.2, 0) is 0 Å². The fourth-order valence-electron chi connectivity index (χ4n) is 2.08. The van der Waals surface area contributed by atoms with Crippen LogP contribution in [0.5, 0.6) is 0 Å². The molecule has 5 nitrogen and oxygen atoms in total. The van der Waals surface area contributed by atoms with Gasteiger partial charge < -0.3 is 5.73 Å². The largest absolute Gasteiger partial charge is 0.399 e. The average Bonchev–Trinajstić information content (AvgIpc) is 2.89. The molecule has 0 unspecified atom stereocenters. The Morgan fingerprint density at radius 2 is 2.00 bits per heavy atom. The highest BCUT2D eigenvalue weighted by Crippen LogP contribution is 2.29. The summed E-state index contributed by atoms with van der Waals surface area (Å²) in [6.45, 7) is 1.81. The number of halogens is 2. The standard InChI is InChI=1S/C14H11BrFN5/c1-8-4-9(16)6-11(5-8)21-14(18-19-20-21)12-7-10(17)2-3-13(12)15/h2-7H,17H2,1H3. The lowest BCUT2D eigenvalue weighted by Crippen LogP contribution is -2.02. The SMILES string of the molecule is Cc1cc(F)cc(-n2nnnc2-c2cc(N)ccc2Br)c1. The highest BCUT2D eigenvalue weighted by Gasteiger charge is 2.14. The molecule has 0 atom stereocenters. The molecule has 0 fully saturated rings. The average molecular weight is 348 g/mol. The van der Waals surface area contributed by atoms with Gasteiger partial charge in [0.05, 0.1) is 5.69 Å². The summed E-state index contributed by atoms with van der Waals surface area (Å²) >= 11 is 3.45. The van der Waals surface area contributed by atoms with Crippen molar-refractivity contribution in [3.05, 3.63) is 52.3 Å². The molecule has 2 aromatic carbocycles. The summed E-state index contributed by atoms with van der Waals surface area (Å²) in [6.07, 6.45) is 0. The third-order valence-corrected chi connectivity index (χ3v) is 3.66. The van der Waals surface area contributed by atoms with E-state index in [1.165, 1.54) is 16.8 Å². The topological polar surface area (TPSA) is 69.6 Å². The van der Waals surface area contributed by atoms with Crippen LogP contribution in [0.1, 0.15) is 5.56 Å². The van der Waals surface area contributed by atoms with Crippen molar-refractivity contribution in [1.29, 1.82) is 0 Å². The third kappa shape index (κ3) is 2.64. The molecule has 21 heavy (non-hydrogen) atoms. The van der Waals surface area contributed by atoms with Crippen LogP contribution in [0.25, 0.3) is 17.1 Å². The number of nitrogens with two attached hydrogens (primary N) is 1. The zero-order valence-electron chi connectivity index (χ0n) is 11.1. The Hall–Kier alpha value is -2.28. The lowest BCUT2D eigenvalue weighted by molar-refractivity contribution is 0.623. The van der Waals surface area contributed by atoms with Crippen molar-refractivity contribution >= 4 is 21.6 Å². The minimum atomic E-state index is -0.335. The van der Waals surface area contributed by atoms with Crippen LogP contribution in [0, 0.1) is 12.7 Å². The number of nitrogen functional groups attached to an aromatic ring is 1. The molecule has 0 spiro atoms. The molecular weight excluding hydrogens is 337 g/mol. The lowest BCUT2D eigenvalue weighted by Gasteiger charge is -2.08. The Kier molecular flexibility index (Phi) is 3.42. The summed E-state index contributed by atoms with van der Waals surface area (Å²) in [5.41, 5.74) is 8.49. The lowest BCUT2D eigenvalue weighted by atomic mass is 10.1. The molecule has 0 radical (unpaired) electrons. The monoisotopic (exact) mass is 347 g/mol. The van der Waals surface area contributed by atoms with E-state index in [1.54, 1.807) is 12.1 Å². The normalized spacial score (nSPS) is 10.8. The molecule has 0 saturated heterocycles. The summed E-state index contributed by atoms with van der Waals surface area (Å²) in [7, 11) is 0. The molecule has 7 heteroatoms. The van der Waals surface area contributed by atoms with Crippen LogP contribution < -0.4 is 5.73 Å². The highest BCUT2D eigenvalue weighted by atomic mass is 79.9. The van der Waals surface area contributed by atoms with E-state index in [1.807, 2.05) is 19.1 Å². The van der Waals surface area contributed by atoms with E-state index in [9.17, 15) is 4.39 Å². The Morgan fingerprint density at radius 1 is 1.19 bits per heavy atom. The van der Waals surface area contributed by atoms with Crippen LogP contribution in [0.4, 0.5) is 10.1 Å². The van der Waals surface area contributed by atoms with E-state index in [-0.39, 0.29) is 5.82 Å². The van der Waals surface area contributed by atoms with Gasteiger partial charge in [-0.3, -0.25) is 0 Å². The molecule has 3 rings (SSSR count). The number of nitrogens with zero attached hydrogens (tertiary/aromatic N) is 4. The minimum Gasteiger partial charge on any atom is -0.399 e. The Bertz CT molecular complexity index is 795.